The van der Waals surface area contributed by atoms with E-state index in [1.807, 2.05) is 44.2 Å². The number of rotatable bonds is 6. The number of para-hydroxylation sites is 1. The van der Waals surface area contributed by atoms with Crippen LogP contribution in [0.5, 0.6) is 5.75 Å². The Morgan fingerprint density at radius 2 is 2.00 bits per heavy atom. The van der Waals surface area contributed by atoms with Crippen molar-refractivity contribution in [2.75, 3.05) is 13.1 Å². The first-order valence-electron chi connectivity index (χ1n) is 6.49. The maximum absolute atomic E-state index is 12.1. The summed E-state index contributed by atoms with van der Waals surface area (Å²) in [4.78, 5) is 13.9. The van der Waals surface area contributed by atoms with E-state index in [1.54, 1.807) is 17.2 Å². The summed E-state index contributed by atoms with van der Waals surface area (Å²) in [5, 5.41) is 1.65. The van der Waals surface area contributed by atoms with Crippen molar-refractivity contribution in [2.45, 2.75) is 26.9 Å². The van der Waals surface area contributed by atoms with Crippen LogP contribution in [0.1, 0.15) is 26.3 Å². The molecule has 0 radical (unpaired) electrons. The number of likely N-dealkylation sites (N-methyl/N-ethyl adjacent to an activating group) is 1. The van der Waals surface area contributed by atoms with Gasteiger partial charge in [0.25, 0.3) is 5.91 Å². The fourth-order valence-electron chi connectivity index (χ4n) is 1.84. The van der Waals surface area contributed by atoms with Gasteiger partial charge in [-0.3, -0.25) is 4.79 Å². The summed E-state index contributed by atoms with van der Waals surface area (Å²) < 4.78 is 5.77. The maximum atomic E-state index is 12.1. The topological polar surface area (TPSA) is 29.5 Å². The van der Waals surface area contributed by atoms with Gasteiger partial charge in [-0.05, 0) is 38.3 Å². The predicted molar refractivity (Wildman–Crippen MR) is 82.5 cm³/mol. The lowest BCUT2D eigenvalue weighted by Gasteiger charge is -2.23. The largest absolute Gasteiger partial charge is 0.480 e. The van der Waals surface area contributed by atoms with Crippen molar-refractivity contribution < 1.29 is 9.53 Å². The SMILES string of the molecule is CCN(CC)C(=O)C(C)Oc1ccccc1/C=C/S. The van der Waals surface area contributed by atoms with Crippen molar-refractivity contribution in [2.24, 2.45) is 0 Å². The van der Waals surface area contributed by atoms with Gasteiger partial charge in [0.05, 0.1) is 0 Å². The summed E-state index contributed by atoms with van der Waals surface area (Å²) >= 11 is 4.06. The molecule has 0 aliphatic carbocycles. The van der Waals surface area contributed by atoms with Gasteiger partial charge in [0.2, 0.25) is 0 Å². The van der Waals surface area contributed by atoms with E-state index in [2.05, 4.69) is 12.6 Å². The molecule has 0 aliphatic heterocycles. The van der Waals surface area contributed by atoms with Gasteiger partial charge < -0.3 is 9.64 Å². The quantitative estimate of drug-likeness (QED) is 0.810. The molecule has 0 spiro atoms. The summed E-state index contributed by atoms with van der Waals surface area (Å²) in [7, 11) is 0. The summed E-state index contributed by atoms with van der Waals surface area (Å²) in [5.74, 6) is 0.704. The normalized spacial score (nSPS) is 12.4. The molecule has 4 heteroatoms. The van der Waals surface area contributed by atoms with Gasteiger partial charge >= 0.3 is 0 Å². The summed E-state index contributed by atoms with van der Waals surface area (Å²) in [6.45, 7) is 7.10. The van der Waals surface area contributed by atoms with E-state index < -0.39 is 6.10 Å². The number of benzene rings is 1. The smallest absolute Gasteiger partial charge is 0.263 e. The second-order valence-corrected chi connectivity index (χ2v) is 4.42. The predicted octanol–water partition coefficient (Wildman–Crippen LogP) is 3.22. The minimum absolute atomic E-state index is 0.00894. The fourth-order valence-corrected chi connectivity index (χ4v) is 2.00. The highest BCUT2D eigenvalue weighted by atomic mass is 32.1. The van der Waals surface area contributed by atoms with E-state index in [4.69, 9.17) is 4.74 Å². The van der Waals surface area contributed by atoms with E-state index in [0.717, 1.165) is 5.56 Å². The molecule has 1 aromatic carbocycles. The minimum atomic E-state index is -0.491. The lowest BCUT2D eigenvalue weighted by atomic mass is 10.2. The number of amides is 1. The molecule has 0 fully saturated rings. The van der Waals surface area contributed by atoms with Gasteiger partial charge in [0.15, 0.2) is 6.10 Å². The number of carbonyl (C=O) groups excluding carboxylic acids is 1. The van der Waals surface area contributed by atoms with Crippen molar-refractivity contribution in [1.29, 1.82) is 0 Å². The van der Waals surface area contributed by atoms with Crippen LogP contribution in [-0.2, 0) is 4.79 Å². The maximum Gasteiger partial charge on any atom is 0.263 e. The number of nitrogens with zero attached hydrogens (tertiary/aromatic N) is 1. The molecule has 19 heavy (non-hydrogen) atoms. The highest BCUT2D eigenvalue weighted by Crippen LogP contribution is 2.21. The molecule has 1 rings (SSSR count). The van der Waals surface area contributed by atoms with Crippen LogP contribution in [-0.4, -0.2) is 30.0 Å². The van der Waals surface area contributed by atoms with Gasteiger partial charge in [0.1, 0.15) is 5.75 Å². The third-order valence-corrected chi connectivity index (χ3v) is 3.05. The Morgan fingerprint density at radius 1 is 1.37 bits per heavy atom. The Kier molecular flexibility index (Phi) is 6.50. The van der Waals surface area contributed by atoms with Crippen molar-refractivity contribution in [3.63, 3.8) is 0 Å². The molecule has 104 valence electrons. The van der Waals surface area contributed by atoms with Crippen LogP contribution in [0.2, 0.25) is 0 Å². The molecule has 0 bridgehead atoms. The third-order valence-electron chi connectivity index (χ3n) is 2.90. The second-order valence-electron chi connectivity index (χ2n) is 4.12. The zero-order valence-electron chi connectivity index (χ0n) is 11.7. The van der Waals surface area contributed by atoms with Crippen LogP contribution in [0.3, 0.4) is 0 Å². The molecule has 0 N–H and O–H groups in total. The van der Waals surface area contributed by atoms with E-state index >= 15 is 0 Å². The van der Waals surface area contributed by atoms with Crippen molar-refractivity contribution in [3.05, 3.63) is 35.2 Å². The van der Waals surface area contributed by atoms with Crippen molar-refractivity contribution >= 4 is 24.6 Å². The van der Waals surface area contributed by atoms with Crippen LogP contribution in [0.15, 0.2) is 29.7 Å². The number of thiol groups is 1. The zero-order chi connectivity index (χ0) is 14.3. The molecular formula is C15H21NO2S. The highest BCUT2D eigenvalue weighted by molar-refractivity contribution is 7.83. The fraction of sp³-hybridized carbons (Fsp3) is 0.400. The number of ether oxygens (including phenoxy) is 1. The zero-order valence-corrected chi connectivity index (χ0v) is 12.6. The highest BCUT2D eigenvalue weighted by Gasteiger charge is 2.20. The Bertz CT molecular complexity index is 442. The Balaban J connectivity index is 2.82. The number of carbonyl (C=O) groups is 1. The van der Waals surface area contributed by atoms with E-state index in [9.17, 15) is 4.79 Å². The van der Waals surface area contributed by atoms with E-state index in [1.165, 1.54) is 0 Å². The van der Waals surface area contributed by atoms with E-state index in [-0.39, 0.29) is 5.91 Å². The third kappa shape index (κ3) is 4.31. The lowest BCUT2D eigenvalue weighted by molar-refractivity contribution is -0.137. The minimum Gasteiger partial charge on any atom is -0.480 e. The first-order valence-corrected chi connectivity index (χ1v) is 7.00. The Morgan fingerprint density at radius 3 is 2.58 bits per heavy atom. The van der Waals surface area contributed by atoms with Crippen LogP contribution < -0.4 is 4.74 Å². The molecule has 1 amide bonds. The Labute approximate surface area is 120 Å². The number of hydrogen-bond acceptors (Lipinski definition) is 3. The molecular weight excluding hydrogens is 258 g/mol. The van der Waals surface area contributed by atoms with Gasteiger partial charge in [0, 0.05) is 18.7 Å². The monoisotopic (exact) mass is 279 g/mol. The summed E-state index contributed by atoms with van der Waals surface area (Å²) in [6, 6.07) is 7.60. The molecule has 1 aromatic rings. The summed E-state index contributed by atoms with van der Waals surface area (Å²) in [5.41, 5.74) is 0.914. The molecule has 0 saturated carbocycles. The van der Waals surface area contributed by atoms with E-state index in [0.29, 0.717) is 18.8 Å². The molecule has 0 heterocycles. The van der Waals surface area contributed by atoms with Crippen molar-refractivity contribution in [1.82, 2.24) is 4.90 Å². The summed E-state index contributed by atoms with van der Waals surface area (Å²) in [6.07, 6.45) is 1.35. The van der Waals surface area contributed by atoms with Crippen LogP contribution in [0.4, 0.5) is 0 Å². The van der Waals surface area contributed by atoms with Crippen molar-refractivity contribution in [3.8, 4) is 5.75 Å². The molecule has 0 saturated heterocycles. The Hall–Kier alpha value is -1.42. The molecule has 3 nitrogen and oxygen atoms in total. The first-order chi connectivity index (χ1) is 9.13. The van der Waals surface area contributed by atoms with Crippen LogP contribution in [0, 0.1) is 0 Å². The molecule has 1 atom stereocenters. The first kappa shape index (κ1) is 15.6. The molecule has 0 aliphatic rings. The average molecular weight is 279 g/mol. The lowest BCUT2D eigenvalue weighted by Crippen LogP contribution is -2.40. The average Bonchev–Trinajstić information content (AvgIpc) is 2.42. The molecule has 1 unspecified atom stereocenters. The number of hydrogen-bond donors (Lipinski definition) is 1. The van der Waals surface area contributed by atoms with Gasteiger partial charge in [-0.25, -0.2) is 0 Å². The molecule has 0 aromatic heterocycles. The van der Waals surface area contributed by atoms with Gasteiger partial charge in [-0.1, -0.05) is 18.2 Å². The van der Waals surface area contributed by atoms with Gasteiger partial charge in [-0.2, -0.15) is 12.6 Å². The van der Waals surface area contributed by atoms with Crippen LogP contribution >= 0.6 is 12.6 Å². The second kappa shape index (κ2) is 7.89. The standard InChI is InChI=1S/C15H21NO2S/c1-4-16(5-2)15(17)12(3)18-14-9-7-6-8-13(14)10-11-19/h6-12,19H,4-5H2,1-3H3/b11-10+. The van der Waals surface area contributed by atoms with Gasteiger partial charge in [-0.15, -0.1) is 0 Å². The van der Waals surface area contributed by atoms with Crippen LogP contribution in [0.25, 0.3) is 6.08 Å².